The van der Waals surface area contributed by atoms with Crippen LogP contribution in [0.5, 0.6) is 11.5 Å². The van der Waals surface area contributed by atoms with Gasteiger partial charge in [-0.1, -0.05) is 66.7 Å². The normalized spacial score (nSPS) is 11.9. The third-order valence-electron chi connectivity index (χ3n) is 12.3. The van der Waals surface area contributed by atoms with Gasteiger partial charge < -0.3 is 4.74 Å². The Morgan fingerprint density at radius 1 is 0.424 bits per heavy atom. The van der Waals surface area contributed by atoms with Crippen LogP contribution in [0, 0.1) is 41.5 Å². The van der Waals surface area contributed by atoms with Crippen LogP contribution in [0.15, 0.2) is 140 Å². The highest BCUT2D eigenvalue weighted by Gasteiger charge is 2.23. The summed E-state index contributed by atoms with van der Waals surface area (Å²) >= 11 is 0. The molecule has 5 aromatic heterocycles. The Morgan fingerprint density at radius 2 is 0.966 bits per heavy atom. The van der Waals surface area contributed by atoms with Crippen LogP contribution in [0.25, 0.3) is 88.3 Å². The molecule has 0 fully saturated rings. The molecule has 0 N–H and O–H groups in total. The van der Waals surface area contributed by atoms with E-state index in [0.717, 1.165) is 72.0 Å². The monoisotopic (exact) mass is 763 g/mol. The zero-order valence-corrected chi connectivity index (χ0v) is 33.9. The van der Waals surface area contributed by atoms with E-state index >= 15 is 0 Å². The fourth-order valence-electron chi connectivity index (χ4n) is 9.74. The number of rotatable bonds is 5. The Kier molecular flexibility index (Phi) is 7.76. The fraction of sp³-hybridized carbons (Fsp3) is 0.113. The highest BCUT2D eigenvalue weighted by Crippen LogP contribution is 2.46. The summed E-state index contributed by atoms with van der Waals surface area (Å²) in [6.07, 6.45) is 7.84. The van der Waals surface area contributed by atoms with E-state index in [1.165, 1.54) is 61.2 Å². The summed E-state index contributed by atoms with van der Waals surface area (Å²) < 4.78 is 11.2. The van der Waals surface area contributed by atoms with Crippen LogP contribution < -0.4 is 4.74 Å². The number of imidazole rings is 2. The lowest BCUT2D eigenvalue weighted by Crippen LogP contribution is -2.00. The van der Waals surface area contributed by atoms with Crippen molar-refractivity contribution in [3.8, 4) is 45.0 Å². The van der Waals surface area contributed by atoms with Gasteiger partial charge in [-0.2, -0.15) is 0 Å². The summed E-state index contributed by atoms with van der Waals surface area (Å²) in [5.74, 6) is 1.47. The standard InChI is InChI=1S/C53H41N5O/c1-30-11-7-12-31(2)46(30)42-23-22-40-38-20-18-36(27-43(38)51-55-25-26-57(51)50(40)49(42)48-34(5)15-9-16-35(48)6)59-37-19-21-39-41-17-10-24-54-52(41)58-45(29-56-53(58)44(39)28-37)47-32(3)13-8-14-33(47)4/h7-29H,1-6H3. The van der Waals surface area contributed by atoms with Crippen molar-refractivity contribution in [1.82, 2.24) is 23.8 Å². The van der Waals surface area contributed by atoms with Crippen molar-refractivity contribution < 1.29 is 4.74 Å². The Bertz CT molecular complexity index is 3490. The second kappa shape index (κ2) is 13.1. The number of ether oxygens (including phenoxy) is 1. The summed E-state index contributed by atoms with van der Waals surface area (Å²) in [5.41, 5.74) is 18.4. The topological polar surface area (TPSA) is 56.7 Å². The van der Waals surface area contributed by atoms with Gasteiger partial charge >= 0.3 is 0 Å². The number of aryl methyl sites for hydroxylation is 6. The van der Waals surface area contributed by atoms with Crippen LogP contribution in [-0.2, 0) is 0 Å². The molecule has 0 aliphatic carbocycles. The summed E-state index contributed by atoms with van der Waals surface area (Å²) in [6, 6.07) is 41.0. The molecule has 0 atom stereocenters. The van der Waals surface area contributed by atoms with Crippen LogP contribution in [0.3, 0.4) is 0 Å². The van der Waals surface area contributed by atoms with E-state index in [1.54, 1.807) is 0 Å². The van der Waals surface area contributed by atoms with Crippen molar-refractivity contribution >= 4 is 54.8 Å². The second-order valence-electron chi connectivity index (χ2n) is 16.0. The third-order valence-corrected chi connectivity index (χ3v) is 12.3. The van der Waals surface area contributed by atoms with Gasteiger partial charge in [0.2, 0.25) is 0 Å². The lowest BCUT2D eigenvalue weighted by atomic mass is 9.84. The molecule has 6 aromatic carbocycles. The largest absolute Gasteiger partial charge is 0.457 e. The molecule has 0 saturated heterocycles. The second-order valence-corrected chi connectivity index (χ2v) is 16.0. The van der Waals surface area contributed by atoms with E-state index in [2.05, 4.69) is 160 Å². The van der Waals surface area contributed by atoms with E-state index in [0.29, 0.717) is 0 Å². The number of pyridine rings is 3. The highest BCUT2D eigenvalue weighted by atomic mass is 16.5. The molecule has 59 heavy (non-hydrogen) atoms. The van der Waals surface area contributed by atoms with Crippen LogP contribution in [-0.4, -0.2) is 23.8 Å². The summed E-state index contributed by atoms with van der Waals surface area (Å²) in [4.78, 5) is 14.9. The minimum Gasteiger partial charge on any atom is -0.457 e. The Balaban J connectivity index is 1.10. The molecule has 0 unspecified atom stereocenters. The first-order valence-electron chi connectivity index (χ1n) is 20.2. The molecule has 0 saturated carbocycles. The molecule has 5 heterocycles. The van der Waals surface area contributed by atoms with Gasteiger partial charge in [0.15, 0.2) is 0 Å². The van der Waals surface area contributed by atoms with Gasteiger partial charge in [0.25, 0.3) is 0 Å². The van der Waals surface area contributed by atoms with Gasteiger partial charge in [-0.05, 0) is 151 Å². The lowest BCUT2D eigenvalue weighted by molar-refractivity contribution is 0.484. The van der Waals surface area contributed by atoms with E-state index in [4.69, 9.17) is 19.7 Å². The third kappa shape index (κ3) is 5.22. The van der Waals surface area contributed by atoms with Crippen molar-refractivity contribution in [2.24, 2.45) is 0 Å². The van der Waals surface area contributed by atoms with Crippen LogP contribution >= 0.6 is 0 Å². The molecule has 11 rings (SSSR count). The smallest absolute Gasteiger partial charge is 0.146 e. The molecule has 0 aliphatic heterocycles. The van der Waals surface area contributed by atoms with Gasteiger partial charge in [0, 0.05) is 51.3 Å². The number of aromatic nitrogens is 5. The Labute approximate surface area is 342 Å². The molecule has 6 nitrogen and oxygen atoms in total. The SMILES string of the molecule is Cc1cccc(C)c1-c1ccc2c3ccc(Oc4ccc5c6cccnc6n6c(-c7c(C)cccc7C)cnc6c5c4)cc3c3nccn3c2c1-c1c(C)cccc1C. The molecular formula is C53H41N5O. The van der Waals surface area contributed by atoms with Gasteiger partial charge in [-0.25, -0.2) is 15.0 Å². The lowest BCUT2D eigenvalue weighted by Gasteiger charge is -2.22. The predicted molar refractivity (Wildman–Crippen MR) is 243 cm³/mol. The minimum atomic E-state index is 0.731. The molecule has 0 amide bonds. The zero-order chi connectivity index (χ0) is 40.1. The van der Waals surface area contributed by atoms with Gasteiger partial charge in [0.05, 0.1) is 17.4 Å². The maximum atomic E-state index is 6.76. The fourth-order valence-corrected chi connectivity index (χ4v) is 9.74. The maximum absolute atomic E-state index is 6.76. The van der Waals surface area contributed by atoms with E-state index in [9.17, 15) is 0 Å². The minimum absolute atomic E-state index is 0.731. The molecule has 6 heteroatoms. The quantitative estimate of drug-likeness (QED) is 0.164. The van der Waals surface area contributed by atoms with Crippen molar-refractivity contribution in [3.63, 3.8) is 0 Å². The first kappa shape index (κ1) is 34.9. The zero-order valence-electron chi connectivity index (χ0n) is 33.9. The van der Waals surface area contributed by atoms with Crippen molar-refractivity contribution in [1.29, 1.82) is 0 Å². The van der Waals surface area contributed by atoms with E-state index < -0.39 is 0 Å². The molecular weight excluding hydrogens is 723 g/mol. The number of fused-ring (bicyclic) bond motifs is 12. The summed E-state index contributed by atoms with van der Waals surface area (Å²) in [7, 11) is 0. The molecule has 0 bridgehead atoms. The molecule has 284 valence electrons. The van der Waals surface area contributed by atoms with Crippen molar-refractivity contribution in [3.05, 3.63) is 173 Å². The van der Waals surface area contributed by atoms with E-state index in [1.807, 2.05) is 30.7 Å². The predicted octanol–water partition coefficient (Wildman–Crippen LogP) is 13.6. The molecule has 0 aliphatic rings. The van der Waals surface area contributed by atoms with Crippen molar-refractivity contribution in [2.75, 3.05) is 0 Å². The first-order valence-corrected chi connectivity index (χ1v) is 20.2. The average molecular weight is 764 g/mol. The van der Waals surface area contributed by atoms with Gasteiger partial charge in [-0.15, -0.1) is 0 Å². The molecule has 0 spiro atoms. The van der Waals surface area contributed by atoms with E-state index in [-0.39, 0.29) is 0 Å². The molecule has 0 radical (unpaired) electrons. The Morgan fingerprint density at radius 3 is 1.63 bits per heavy atom. The molecule has 11 aromatic rings. The van der Waals surface area contributed by atoms with Gasteiger partial charge in [0.1, 0.15) is 28.4 Å². The number of hydrogen-bond donors (Lipinski definition) is 0. The number of benzene rings is 6. The van der Waals surface area contributed by atoms with Crippen LogP contribution in [0.2, 0.25) is 0 Å². The van der Waals surface area contributed by atoms with Gasteiger partial charge in [-0.3, -0.25) is 8.80 Å². The van der Waals surface area contributed by atoms with Crippen LogP contribution in [0.4, 0.5) is 0 Å². The number of nitrogens with zero attached hydrogens (tertiary/aromatic N) is 5. The first-order chi connectivity index (χ1) is 28.8. The number of hydrogen-bond acceptors (Lipinski definition) is 4. The highest BCUT2D eigenvalue weighted by molar-refractivity contribution is 6.18. The van der Waals surface area contributed by atoms with Crippen molar-refractivity contribution in [2.45, 2.75) is 41.5 Å². The Hall–Kier alpha value is -7.31. The maximum Gasteiger partial charge on any atom is 0.146 e. The average Bonchev–Trinajstić information content (AvgIpc) is 3.90. The summed E-state index contributed by atoms with van der Waals surface area (Å²) in [5, 5.41) is 6.46. The van der Waals surface area contributed by atoms with Crippen LogP contribution in [0.1, 0.15) is 33.4 Å². The summed E-state index contributed by atoms with van der Waals surface area (Å²) in [6.45, 7) is 13.2.